The normalized spacial score (nSPS) is 17.4. The molecule has 0 bridgehead atoms. The van der Waals surface area contributed by atoms with Crippen LogP contribution in [0.4, 0.5) is 5.69 Å². The molecule has 0 radical (unpaired) electrons. The van der Waals surface area contributed by atoms with Crippen LogP contribution in [0.25, 0.3) is 0 Å². The molecule has 4 heteroatoms. The summed E-state index contributed by atoms with van der Waals surface area (Å²) in [6.07, 6.45) is 3.04. The number of benzene rings is 1. The van der Waals surface area contributed by atoms with Crippen molar-refractivity contribution in [2.75, 3.05) is 38.8 Å². The van der Waals surface area contributed by atoms with Gasteiger partial charge in [-0.05, 0) is 37.0 Å². The Morgan fingerprint density at radius 1 is 1.43 bits per heavy atom. The van der Waals surface area contributed by atoms with Crippen LogP contribution < -0.4 is 10.2 Å². The van der Waals surface area contributed by atoms with E-state index in [0.29, 0.717) is 19.6 Å². The molecule has 0 amide bonds. The number of anilines is 1. The lowest BCUT2D eigenvalue weighted by Crippen LogP contribution is -2.38. The molecule has 1 aliphatic heterocycles. The number of methoxy groups -OCH3 is 1. The van der Waals surface area contributed by atoms with E-state index in [0.717, 1.165) is 13.1 Å². The predicted octanol–water partition coefficient (Wildman–Crippen LogP) is 1.95. The molecule has 1 heterocycles. The highest BCUT2D eigenvalue weighted by Gasteiger charge is 2.19. The fourth-order valence-electron chi connectivity index (χ4n) is 2.84. The van der Waals surface area contributed by atoms with Crippen LogP contribution in [0, 0.1) is 0 Å². The van der Waals surface area contributed by atoms with Crippen LogP contribution in [0.5, 0.6) is 0 Å². The molecule has 1 aromatic carbocycles. The van der Waals surface area contributed by atoms with Crippen LogP contribution in [0.3, 0.4) is 0 Å². The van der Waals surface area contributed by atoms with Gasteiger partial charge in [0.2, 0.25) is 0 Å². The van der Waals surface area contributed by atoms with Gasteiger partial charge in [0, 0.05) is 52.5 Å². The third-order valence-electron chi connectivity index (χ3n) is 4.17. The van der Waals surface area contributed by atoms with Crippen molar-refractivity contribution in [3.8, 4) is 0 Å². The van der Waals surface area contributed by atoms with Crippen LogP contribution in [0.2, 0.25) is 0 Å². The molecular weight excluding hydrogens is 264 g/mol. The summed E-state index contributed by atoms with van der Waals surface area (Å²) in [5.74, 6) is 0. The lowest BCUT2D eigenvalue weighted by molar-refractivity contribution is 0.0247. The molecule has 1 unspecified atom stereocenters. The number of fused-ring (bicyclic) bond motifs is 1. The molecule has 2 rings (SSSR count). The summed E-state index contributed by atoms with van der Waals surface area (Å²) in [4.78, 5) is 2.32. The topological polar surface area (TPSA) is 44.7 Å². The molecule has 21 heavy (non-hydrogen) atoms. The quantitative estimate of drug-likeness (QED) is 0.806. The van der Waals surface area contributed by atoms with Crippen molar-refractivity contribution in [1.82, 2.24) is 5.32 Å². The zero-order valence-corrected chi connectivity index (χ0v) is 13.5. The van der Waals surface area contributed by atoms with Gasteiger partial charge in [-0.15, -0.1) is 0 Å². The van der Waals surface area contributed by atoms with Crippen molar-refractivity contribution >= 4 is 5.69 Å². The minimum atomic E-state index is -0.718. The zero-order chi connectivity index (χ0) is 15.3. The second kappa shape index (κ2) is 7.25. The van der Waals surface area contributed by atoms with Crippen LogP contribution >= 0.6 is 0 Å². The second-order valence-electron chi connectivity index (χ2n) is 6.33. The summed E-state index contributed by atoms with van der Waals surface area (Å²) in [6, 6.07) is 6.69. The highest BCUT2D eigenvalue weighted by atomic mass is 16.5. The van der Waals surface area contributed by atoms with Gasteiger partial charge in [0.05, 0.1) is 5.60 Å². The lowest BCUT2D eigenvalue weighted by atomic mass is 9.99. The molecule has 0 spiro atoms. The highest BCUT2D eigenvalue weighted by Crippen LogP contribution is 2.26. The van der Waals surface area contributed by atoms with Gasteiger partial charge in [-0.25, -0.2) is 0 Å². The molecular formula is C17H28N2O2. The summed E-state index contributed by atoms with van der Waals surface area (Å²) >= 11 is 0. The summed E-state index contributed by atoms with van der Waals surface area (Å²) in [7, 11) is 3.82. The molecule has 1 aromatic rings. The largest absolute Gasteiger partial charge is 0.389 e. The van der Waals surface area contributed by atoms with E-state index in [9.17, 15) is 5.11 Å². The minimum absolute atomic E-state index is 0.577. The Kier molecular flexibility index (Phi) is 5.62. The fraction of sp³-hybridized carbons (Fsp3) is 0.647. The maximum absolute atomic E-state index is 10.2. The first-order chi connectivity index (χ1) is 10.0. The van der Waals surface area contributed by atoms with Gasteiger partial charge in [0.15, 0.2) is 0 Å². The molecule has 1 aliphatic rings. The maximum Gasteiger partial charge on any atom is 0.0765 e. The Labute approximate surface area is 128 Å². The number of nitrogens with zero attached hydrogens (tertiary/aromatic N) is 1. The van der Waals surface area contributed by atoms with Gasteiger partial charge in [-0.2, -0.15) is 0 Å². The standard InChI is InChI=1S/C17H28N2O2/c1-17(20,8-10-21-3)13-18-12-14-6-7-16-15(11-14)5-4-9-19(16)2/h6-7,11,18,20H,4-5,8-10,12-13H2,1-3H3. The van der Waals surface area contributed by atoms with E-state index in [4.69, 9.17) is 4.74 Å². The predicted molar refractivity (Wildman–Crippen MR) is 86.9 cm³/mol. The SMILES string of the molecule is COCCC(C)(O)CNCc1ccc2c(c1)CCCN2C. The monoisotopic (exact) mass is 292 g/mol. The van der Waals surface area contributed by atoms with Crippen molar-refractivity contribution in [1.29, 1.82) is 0 Å². The van der Waals surface area contributed by atoms with Crippen LogP contribution in [-0.2, 0) is 17.7 Å². The van der Waals surface area contributed by atoms with E-state index in [2.05, 4.69) is 35.5 Å². The van der Waals surface area contributed by atoms with Gasteiger partial charge in [-0.3, -0.25) is 0 Å². The Balaban J connectivity index is 1.86. The molecule has 0 saturated heterocycles. The number of hydrogen-bond acceptors (Lipinski definition) is 4. The number of rotatable bonds is 7. The van der Waals surface area contributed by atoms with Crippen LogP contribution in [0.15, 0.2) is 18.2 Å². The van der Waals surface area contributed by atoms with Crippen molar-refractivity contribution in [2.45, 2.75) is 38.3 Å². The Bertz CT molecular complexity index is 460. The smallest absolute Gasteiger partial charge is 0.0765 e. The third kappa shape index (κ3) is 4.70. The summed E-state index contributed by atoms with van der Waals surface area (Å²) in [6.45, 7) is 4.95. The molecule has 0 aliphatic carbocycles. The number of aliphatic hydroxyl groups is 1. The van der Waals surface area contributed by atoms with Gasteiger partial charge in [0.1, 0.15) is 0 Å². The second-order valence-corrected chi connectivity index (χ2v) is 6.33. The van der Waals surface area contributed by atoms with Crippen molar-refractivity contribution in [3.05, 3.63) is 29.3 Å². The molecule has 118 valence electrons. The summed E-state index contributed by atoms with van der Waals surface area (Å²) in [5, 5.41) is 13.6. The fourth-order valence-corrected chi connectivity index (χ4v) is 2.84. The van der Waals surface area contributed by atoms with Crippen molar-refractivity contribution < 1.29 is 9.84 Å². The van der Waals surface area contributed by atoms with E-state index < -0.39 is 5.60 Å². The Morgan fingerprint density at radius 2 is 2.24 bits per heavy atom. The first-order valence-electron chi connectivity index (χ1n) is 7.77. The van der Waals surface area contributed by atoms with Gasteiger partial charge in [-0.1, -0.05) is 12.1 Å². The first-order valence-corrected chi connectivity index (χ1v) is 7.77. The first kappa shape index (κ1) is 16.3. The van der Waals surface area contributed by atoms with Crippen molar-refractivity contribution in [2.24, 2.45) is 0 Å². The van der Waals surface area contributed by atoms with Crippen LogP contribution in [0.1, 0.15) is 30.9 Å². The molecule has 0 saturated carbocycles. The molecule has 4 nitrogen and oxygen atoms in total. The summed E-state index contributed by atoms with van der Waals surface area (Å²) < 4.78 is 5.02. The average molecular weight is 292 g/mol. The minimum Gasteiger partial charge on any atom is -0.389 e. The van der Waals surface area contributed by atoms with E-state index in [1.807, 2.05) is 6.92 Å². The third-order valence-corrected chi connectivity index (χ3v) is 4.17. The number of nitrogens with one attached hydrogen (secondary N) is 1. The van der Waals surface area contributed by atoms with E-state index >= 15 is 0 Å². The summed E-state index contributed by atoms with van der Waals surface area (Å²) in [5.41, 5.74) is 3.36. The van der Waals surface area contributed by atoms with Gasteiger partial charge >= 0.3 is 0 Å². The molecule has 2 N–H and O–H groups in total. The van der Waals surface area contributed by atoms with Crippen molar-refractivity contribution in [3.63, 3.8) is 0 Å². The zero-order valence-electron chi connectivity index (χ0n) is 13.5. The lowest BCUT2D eigenvalue weighted by Gasteiger charge is -2.28. The maximum atomic E-state index is 10.2. The number of ether oxygens (including phenoxy) is 1. The molecule has 0 fully saturated rings. The molecule has 0 aromatic heterocycles. The van der Waals surface area contributed by atoms with Crippen LogP contribution in [-0.4, -0.2) is 44.6 Å². The average Bonchev–Trinajstić information content (AvgIpc) is 2.45. The highest BCUT2D eigenvalue weighted by molar-refractivity contribution is 5.56. The number of aryl methyl sites for hydroxylation is 1. The Morgan fingerprint density at radius 3 is 3.00 bits per heavy atom. The van der Waals surface area contributed by atoms with E-state index in [1.54, 1.807) is 7.11 Å². The van der Waals surface area contributed by atoms with Gasteiger partial charge in [0.25, 0.3) is 0 Å². The van der Waals surface area contributed by atoms with E-state index in [1.165, 1.54) is 29.7 Å². The number of hydrogen-bond donors (Lipinski definition) is 2. The van der Waals surface area contributed by atoms with E-state index in [-0.39, 0.29) is 0 Å². The Hall–Kier alpha value is -1.10. The molecule has 1 atom stereocenters. The van der Waals surface area contributed by atoms with Gasteiger partial charge < -0.3 is 20.1 Å².